The van der Waals surface area contributed by atoms with Crippen LogP contribution in [0.1, 0.15) is 11.1 Å². The van der Waals surface area contributed by atoms with Crippen LogP contribution in [0.3, 0.4) is 0 Å². The number of benzene rings is 2. The molecule has 108 valence electrons. The van der Waals surface area contributed by atoms with Gasteiger partial charge in [0.05, 0.1) is 0 Å². The summed E-state index contributed by atoms with van der Waals surface area (Å²) in [7, 11) is 0. The molecule has 4 heteroatoms. The molecule has 1 aliphatic heterocycles. The number of quaternary nitrogens is 1. The lowest BCUT2D eigenvalue weighted by Crippen LogP contribution is -3.00. The van der Waals surface area contributed by atoms with Crippen LogP contribution in [0, 0.1) is 11.8 Å². The molecule has 0 aromatic heterocycles. The molecular formula is C17H16ClNO2. The van der Waals surface area contributed by atoms with E-state index in [1.807, 2.05) is 42.5 Å². The fourth-order valence-corrected chi connectivity index (χ4v) is 2.05. The number of ether oxygens (including phenoxy) is 2. The molecular weight excluding hydrogens is 286 g/mol. The second-order valence-corrected chi connectivity index (χ2v) is 4.55. The van der Waals surface area contributed by atoms with Gasteiger partial charge in [0, 0.05) is 11.1 Å². The Bertz CT molecular complexity index is 647. The summed E-state index contributed by atoms with van der Waals surface area (Å²) < 4.78 is 10.7. The van der Waals surface area contributed by atoms with Crippen molar-refractivity contribution in [3.05, 3.63) is 59.7 Å². The molecule has 0 radical (unpaired) electrons. The monoisotopic (exact) mass is 301 g/mol. The number of rotatable bonds is 3. The first-order chi connectivity index (χ1) is 9.92. The second-order valence-electron chi connectivity index (χ2n) is 4.55. The maximum atomic E-state index is 5.36. The molecule has 0 amide bonds. The largest absolute Gasteiger partial charge is 1.00 e. The molecule has 0 saturated carbocycles. The van der Waals surface area contributed by atoms with Gasteiger partial charge in [0.1, 0.15) is 13.1 Å². The summed E-state index contributed by atoms with van der Waals surface area (Å²) in [6.07, 6.45) is 0. The summed E-state index contributed by atoms with van der Waals surface area (Å²) in [5.74, 6) is 7.98. The Balaban J connectivity index is 0.00000161. The van der Waals surface area contributed by atoms with Crippen molar-refractivity contribution in [2.45, 2.75) is 6.54 Å². The normalized spacial score (nSPS) is 11.2. The van der Waals surface area contributed by atoms with Gasteiger partial charge in [-0.25, -0.2) is 0 Å². The van der Waals surface area contributed by atoms with E-state index in [1.165, 1.54) is 5.56 Å². The van der Waals surface area contributed by atoms with Crippen LogP contribution in [0.15, 0.2) is 48.5 Å². The average molecular weight is 302 g/mol. The predicted octanol–water partition coefficient (Wildman–Crippen LogP) is -1.47. The molecule has 0 aliphatic carbocycles. The molecule has 3 nitrogen and oxygen atoms in total. The fraction of sp³-hybridized carbons (Fsp3) is 0.176. The SMILES string of the molecule is C(#Cc1ccccc1)C[NH2+]Cc1ccc2c(c1)OCO2.[Cl-]. The van der Waals surface area contributed by atoms with Gasteiger partial charge in [-0.2, -0.15) is 0 Å². The molecule has 1 aliphatic rings. The molecule has 21 heavy (non-hydrogen) atoms. The predicted molar refractivity (Wildman–Crippen MR) is 76.4 cm³/mol. The first kappa shape index (κ1) is 15.2. The van der Waals surface area contributed by atoms with Crippen LogP contribution in [0.4, 0.5) is 0 Å². The van der Waals surface area contributed by atoms with Crippen LogP contribution >= 0.6 is 0 Å². The quantitative estimate of drug-likeness (QED) is 0.555. The standard InChI is InChI=1S/C17H15NO2.ClH/c1-2-5-14(6-3-1)7-4-10-18-12-15-8-9-16-17(11-15)20-13-19-16;/h1-3,5-6,8-9,11,18H,10,12-13H2;1H. The zero-order valence-corrected chi connectivity index (χ0v) is 12.3. The Hall–Kier alpha value is -2.15. The maximum absolute atomic E-state index is 5.36. The van der Waals surface area contributed by atoms with Crippen molar-refractivity contribution in [1.82, 2.24) is 0 Å². The van der Waals surface area contributed by atoms with E-state index in [-0.39, 0.29) is 12.4 Å². The van der Waals surface area contributed by atoms with Gasteiger partial charge in [-0.15, -0.1) is 0 Å². The van der Waals surface area contributed by atoms with Gasteiger partial charge >= 0.3 is 0 Å². The summed E-state index contributed by atoms with van der Waals surface area (Å²) in [5, 5.41) is 2.17. The van der Waals surface area contributed by atoms with Crippen LogP contribution in [-0.4, -0.2) is 13.3 Å². The summed E-state index contributed by atoms with van der Waals surface area (Å²) in [4.78, 5) is 0. The highest BCUT2D eigenvalue weighted by Gasteiger charge is 2.13. The van der Waals surface area contributed by atoms with Crippen LogP contribution in [0.25, 0.3) is 0 Å². The number of nitrogens with two attached hydrogens (primary N) is 1. The summed E-state index contributed by atoms with van der Waals surface area (Å²) in [6.45, 7) is 1.99. The summed E-state index contributed by atoms with van der Waals surface area (Å²) >= 11 is 0. The van der Waals surface area contributed by atoms with Crippen molar-refractivity contribution in [2.75, 3.05) is 13.3 Å². The van der Waals surface area contributed by atoms with Crippen molar-refractivity contribution in [1.29, 1.82) is 0 Å². The Labute approximate surface area is 130 Å². The number of halogens is 1. The lowest BCUT2D eigenvalue weighted by molar-refractivity contribution is -0.660. The van der Waals surface area contributed by atoms with E-state index < -0.39 is 0 Å². The molecule has 0 unspecified atom stereocenters. The molecule has 2 N–H and O–H groups in total. The summed E-state index contributed by atoms with van der Waals surface area (Å²) in [6, 6.07) is 16.1. The molecule has 1 heterocycles. The summed E-state index contributed by atoms with van der Waals surface area (Å²) in [5.41, 5.74) is 2.28. The third-order valence-corrected chi connectivity index (χ3v) is 3.07. The minimum atomic E-state index is 0. The number of hydrogen-bond acceptors (Lipinski definition) is 2. The molecule has 3 rings (SSSR count). The van der Waals surface area contributed by atoms with Gasteiger partial charge in [0.15, 0.2) is 11.5 Å². The third kappa shape index (κ3) is 4.16. The first-order valence-electron chi connectivity index (χ1n) is 6.66. The maximum Gasteiger partial charge on any atom is 0.231 e. The van der Waals surface area contributed by atoms with E-state index in [0.717, 1.165) is 30.2 Å². The third-order valence-electron chi connectivity index (χ3n) is 3.07. The van der Waals surface area contributed by atoms with Gasteiger partial charge in [0.2, 0.25) is 6.79 Å². The average Bonchev–Trinajstić information content (AvgIpc) is 2.95. The van der Waals surface area contributed by atoms with Gasteiger partial charge in [-0.05, 0) is 36.3 Å². The van der Waals surface area contributed by atoms with Crippen LogP contribution < -0.4 is 27.2 Å². The molecule has 2 aromatic carbocycles. The fourth-order valence-electron chi connectivity index (χ4n) is 2.05. The van der Waals surface area contributed by atoms with Crippen molar-refractivity contribution in [3.8, 4) is 23.3 Å². The highest BCUT2D eigenvalue weighted by molar-refractivity contribution is 5.44. The molecule has 2 aromatic rings. The van der Waals surface area contributed by atoms with E-state index in [0.29, 0.717) is 6.79 Å². The van der Waals surface area contributed by atoms with Crippen molar-refractivity contribution >= 4 is 0 Å². The highest BCUT2D eigenvalue weighted by atomic mass is 35.5. The second kappa shape index (κ2) is 7.58. The van der Waals surface area contributed by atoms with Gasteiger partial charge in [0.25, 0.3) is 0 Å². The zero-order chi connectivity index (χ0) is 13.6. The van der Waals surface area contributed by atoms with Crippen LogP contribution in [0.5, 0.6) is 11.5 Å². The Morgan fingerprint density at radius 1 is 1.00 bits per heavy atom. The highest BCUT2D eigenvalue weighted by Crippen LogP contribution is 2.32. The zero-order valence-electron chi connectivity index (χ0n) is 11.5. The van der Waals surface area contributed by atoms with Gasteiger partial charge < -0.3 is 27.2 Å². The molecule has 0 fully saturated rings. The number of hydrogen-bond donors (Lipinski definition) is 1. The van der Waals surface area contributed by atoms with E-state index >= 15 is 0 Å². The van der Waals surface area contributed by atoms with Gasteiger partial charge in [-0.1, -0.05) is 24.1 Å². The van der Waals surface area contributed by atoms with E-state index in [9.17, 15) is 0 Å². The van der Waals surface area contributed by atoms with Gasteiger partial charge in [-0.3, -0.25) is 0 Å². The first-order valence-corrected chi connectivity index (χ1v) is 6.66. The lowest BCUT2D eigenvalue weighted by atomic mass is 10.2. The van der Waals surface area contributed by atoms with E-state index in [4.69, 9.17) is 9.47 Å². The Morgan fingerprint density at radius 3 is 2.67 bits per heavy atom. The Morgan fingerprint density at radius 2 is 1.81 bits per heavy atom. The lowest BCUT2D eigenvalue weighted by Gasteiger charge is -2.00. The van der Waals surface area contributed by atoms with Crippen LogP contribution in [-0.2, 0) is 6.54 Å². The minimum absolute atomic E-state index is 0. The molecule has 0 bridgehead atoms. The van der Waals surface area contributed by atoms with Crippen LogP contribution in [0.2, 0.25) is 0 Å². The topological polar surface area (TPSA) is 35.1 Å². The smallest absolute Gasteiger partial charge is 0.231 e. The van der Waals surface area contributed by atoms with E-state index in [1.54, 1.807) is 0 Å². The number of fused-ring (bicyclic) bond motifs is 1. The Kier molecular flexibility index (Phi) is 5.51. The van der Waals surface area contributed by atoms with E-state index in [2.05, 4.69) is 23.2 Å². The van der Waals surface area contributed by atoms with Crippen molar-refractivity contribution in [3.63, 3.8) is 0 Å². The molecule has 0 saturated heterocycles. The van der Waals surface area contributed by atoms with Crippen molar-refractivity contribution < 1.29 is 27.2 Å². The van der Waals surface area contributed by atoms with Crippen molar-refractivity contribution in [2.24, 2.45) is 0 Å². The minimum Gasteiger partial charge on any atom is -1.00 e. The molecule has 0 spiro atoms. The molecule has 0 atom stereocenters.